The Morgan fingerprint density at radius 2 is 1.70 bits per heavy atom. The SMILES string of the molecule is Cc1ccc(C(=O)C[C@@H]([Se]C2CCCC2)c2ccccc2)cc1. The van der Waals surface area contributed by atoms with Crippen molar-refractivity contribution >= 4 is 20.7 Å². The zero-order valence-corrected chi connectivity index (χ0v) is 15.4. The minimum absolute atomic E-state index is 0.290. The van der Waals surface area contributed by atoms with Gasteiger partial charge in [-0.2, -0.15) is 0 Å². The Morgan fingerprint density at radius 3 is 2.35 bits per heavy atom. The van der Waals surface area contributed by atoms with Crippen LogP contribution in [0.3, 0.4) is 0 Å². The first-order valence-electron chi connectivity index (χ1n) is 8.52. The Morgan fingerprint density at radius 1 is 1.04 bits per heavy atom. The standard InChI is InChI=1S/C21H24OSe/c1-16-11-13-17(14-12-16)20(22)15-21(18-7-3-2-4-8-18)23-19-9-5-6-10-19/h2-4,7-8,11-14,19,21H,5-6,9-10,15H2,1H3/t21-/m1/s1. The second-order valence-corrected chi connectivity index (χ2v) is 9.60. The fourth-order valence-corrected chi connectivity index (χ4v) is 6.62. The Hall–Kier alpha value is -1.37. The van der Waals surface area contributed by atoms with Crippen LogP contribution in [0.15, 0.2) is 54.6 Å². The van der Waals surface area contributed by atoms with Crippen LogP contribution < -0.4 is 0 Å². The predicted molar refractivity (Wildman–Crippen MR) is 97.3 cm³/mol. The zero-order valence-electron chi connectivity index (χ0n) is 13.7. The Bertz CT molecular complexity index is 627. The van der Waals surface area contributed by atoms with Crippen LogP contribution in [0.2, 0.25) is 4.82 Å². The van der Waals surface area contributed by atoms with Crippen molar-refractivity contribution in [3.8, 4) is 0 Å². The van der Waals surface area contributed by atoms with E-state index >= 15 is 0 Å². The van der Waals surface area contributed by atoms with Crippen LogP contribution in [0.25, 0.3) is 0 Å². The number of benzene rings is 2. The van der Waals surface area contributed by atoms with Gasteiger partial charge in [0.1, 0.15) is 0 Å². The molecule has 0 unspecified atom stereocenters. The van der Waals surface area contributed by atoms with Crippen molar-refractivity contribution in [3.05, 3.63) is 71.3 Å². The molecule has 1 atom stereocenters. The third kappa shape index (κ3) is 4.56. The molecule has 0 amide bonds. The molecular formula is C21H24OSe. The Balaban J connectivity index is 1.74. The normalized spacial score (nSPS) is 16.4. The summed E-state index contributed by atoms with van der Waals surface area (Å²) in [6, 6.07) is 18.7. The summed E-state index contributed by atoms with van der Waals surface area (Å²) in [5.41, 5.74) is 3.41. The summed E-state index contributed by atoms with van der Waals surface area (Å²) >= 11 is 0.512. The Labute approximate surface area is 145 Å². The van der Waals surface area contributed by atoms with E-state index in [4.69, 9.17) is 0 Å². The van der Waals surface area contributed by atoms with Crippen molar-refractivity contribution in [2.45, 2.75) is 48.7 Å². The maximum absolute atomic E-state index is 12.7. The van der Waals surface area contributed by atoms with E-state index in [1.54, 1.807) is 0 Å². The van der Waals surface area contributed by atoms with Gasteiger partial charge in [-0.1, -0.05) is 0 Å². The topological polar surface area (TPSA) is 17.1 Å². The molecule has 0 saturated heterocycles. The van der Waals surface area contributed by atoms with Crippen molar-refractivity contribution in [1.29, 1.82) is 0 Å². The van der Waals surface area contributed by atoms with Crippen molar-refractivity contribution in [2.75, 3.05) is 0 Å². The summed E-state index contributed by atoms with van der Waals surface area (Å²) in [5, 5.41) is 0. The summed E-state index contributed by atoms with van der Waals surface area (Å²) in [4.78, 5) is 14.0. The van der Waals surface area contributed by atoms with E-state index < -0.39 is 0 Å². The number of rotatable bonds is 6. The molecule has 2 aromatic rings. The molecule has 3 rings (SSSR count). The average molecular weight is 371 g/mol. The zero-order chi connectivity index (χ0) is 16.1. The number of aryl methyl sites for hydroxylation is 1. The van der Waals surface area contributed by atoms with Gasteiger partial charge in [0.2, 0.25) is 0 Å². The van der Waals surface area contributed by atoms with E-state index in [9.17, 15) is 4.79 Å². The Kier molecular flexibility index (Phi) is 5.70. The molecule has 1 nitrogen and oxygen atoms in total. The van der Waals surface area contributed by atoms with Gasteiger partial charge in [-0.15, -0.1) is 0 Å². The molecule has 0 spiro atoms. The maximum atomic E-state index is 12.7. The number of carbonyl (C=O) groups is 1. The quantitative estimate of drug-likeness (QED) is 0.492. The first-order chi connectivity index (χ1) is 11.2. The fraction of sp³-hybridized carbons (Fsp3) is 0.381. The first kappa shape index (κ1) is 16.5. The molecule has 1 saturated carbocycles. The van der Waals surface area contributed by atoms with Gasteiger partial charge in [0, 0.05) is 0 Å². The van der Waals surface area contributed by atoms with Gasteiger partial charge in [-0.25, -0.2) is 0 Å². The second kappa shape index (κ2) is 7.95. The molecule has 0 heterocycles. The summed E-state index contributed by atoms with van der Waals surface area (Å²) in [6.45, 7) is 2.06. The van der Waals surface area contributed by atoms with Crippen molar-refractivity contribution in [1.82, 2.24) is 0 Å². The van der Waals surface area contributed by atoms with Crippen LogP contribution in [-0.2, 0) is 0 Å². The van der Waals surface area contributed by atoms with Crippen LogP contribution in [0.4, 0.5) is 0 Å². The summed E-state index contributed by atoms with van der Waals surface area (Å²) in [5.74, 6) is 0.290. The van der Waals surface area contributed by atoms with Crippen LogP contribution >= 0.6 is 0 Å². The number of ketones is 1. The summed E-state index contributed by atoms with van der Waals surface area (Å²) < 4.78 is 0. The number of Topliss-reactive ketones (excluding diaryl/α,β-unsaturated/α-hetero) is 1. The van der Waals surface area contributed by atoms with Crippen molar-refractivity contribution < 1.29 is 4.79 Å². The molecule has 1 fully saturated rings. The summed E-state index contributed by atoms with van der Waals surface area (Å²) in [6.07, 6.45) is 6.13. The monoisotopic (exact) mass is 372 g/mol. The van der Waals surface area contributed by atoms with E-state index in [0.717, 1.165) is 10.4 Å². The molecular weight excluding hydrogens is 347 g/mol. The van der Waals surface area contributed by atoms with Gasteiger partial charge in [0.05, 0.1) is 0 Å². The average Bonchev–Trinajstić information content (AvgIpc) is 3.09. The van der Waals surface area contributed by atoms with E-state index in [-0.39, 0.29) is 0 Å². The second-order valence-electron chi connectivity index (χ2n) is 6.44. The molecule has 23 heavy (non-hydrogen) atoms. The molecule has 0 aromatic heterocycles. The molecule has 120 valence electrons. The van der Waals surface area contributed by atoms with Crippen LogP contribution in [0.5, 0.6) is 0 Å². The third-order valence-electron chi connectivity index (χ3n) is 4.57. The number of hydrogen-bond acceptors (Lipinski definition) is 1. The van der Waals surface area contributed by atoms with Gasteiger partial charge < -0.3 is 0 Å². The molecule has 0 N–H and O–H groups in total. The van der Waals surface area contributed by atoms with Gasteiger partial charge in [0.25, 0.3) is 0 Å². The molecule has 0 bridgehead atoms. The summed E-state index contributed by atoms with van der Waals surface area (Å²) in [7, 11) is 0. The minimum atomic E-state index is 0.290. The molecule has 1 aliphatic carbocycles. The predicted octanol–water partition coefficient (Wildman–Crippen LogP) is 5.38. The van der Waals surface area contributed by atoms with E-state index in [2.05, 4.69) is 37.3 Å². The van der Waals surface area contributed by atoms with Crippen molar-refractivity contribution in [3.63, 3.8) is 0 Å². The van der Waals surface area contributed by atoms with Crippen molar-refractivity contribution in [2.24, 2.45) is 0 Å². The molecule has 0 aliphatic heterocycles. The van der Waals surface area contributed by atoms with E-state index in [1.165, 1.54) is 36.8 Å². The van der Waals surface area contributed by atoms with Crippen LogP contribution in [0.1, 0.15) is 58.4 Å². The third-order valence-corrected chi connectivity index (χ3v) is 7.98. The fourth-order valence-electron chi connectivity index (χ4n) is 3.19. The van der Waals surface area contributed by atoms with Gasteiger partial charge >= 0.3 is 145 Å². The molecule has 2 aromatic carbocycles. The molecule has 0 radical (unpaired) electrons. The van der Waals surface area contributed by atoms with Gasteiger partial charge in [-0.3, -0.25) is 0 Å². The number of hydrogen-bond donors (Lipinski definition) is 0. The van der Waals surface area contributed by atoms with Gasteiger partial charge in [0.15, 0.2) is 0 Å². The van der Waals surface area contributed by atoms with Crippen LogP contribution in [0, 0.1) is 6.92 Å². The van der Waals surface area contributed by atoms with E-state index in [0.29, 0.717) is 32.0 Å². The van der Waals surface area contributed by atoms with E-state index in [1.807, 2.05) is 24.3 Å². The van der Waals surface area contributed by atoms with Crippen LogP contribution in [-0.4, -0.2) is 20.7 Å². The van der Waals surface area contributed by atoms with Gasteiger partial charge in [-0.05, 0) is 0 Å². The number of carbonyl (C=O) groups excluding carboxylic acids is 1. The first-order valence-corrected chi connectivity index (χ1v) is 10.5. The molecule has 2 heteroatoms. The molecule has 1 aliphatic rings.